The molecule has 0 atom stereocenters. The number of amidine groups is 1. The number of anilines is 1. The van der Waals surface area contributed by atoms with Crippen molar-refractivity contribution in [2.24, 2.45) is 25.8 Å². The van der Waals surface area contributed by atoms with E-state index >= 15 is 0 Å². The zero-order chi connectivity index (χ0) is 18.2. The number of piperidine rings is 2. The van der Waals surface area contributed by atoms with Crippen molar-refractivity contribution >= 4 is 21.5 Å². The fourth-order valence-corrected chi connectivity index (χ4v) is 4.85. The molecule has 0 aliphatic carbocycles. The van der Waals surface area contributed by atoms with Crippen LogP contribution in [0, 0.1) is 5.41 Å². The summed E-state index contributed by atoms with van der Waals surface area (Å²) in [7, 11) is -3.99. The molecule has 0 radical (unpaired) electrons. The van der Waals surface area contributed by atoms with Gasteiger partial charge < -0.3 is 10.2 Å². The minimum atomic E-state index is -3.99. The summed E-state index contributed by atoms with van der Waals surface area (Å²) in [5.41, 5.74) is 1.55. The highest BCUT2D eigenvalue weighted by Crippen LogP contribution is 2.41. The van der Waals surface area contributed by atoms with Crippen molar-refractivity contribution in [2.75, 3.05) is 37.7 Å². The van der Waals surface area contributed by atoms with Gasteiger partial charge in [0, 0.05) is 19.3 Å². The summed E-state index contributed by atoms with van der Waals surface area (Å²) in [4.78, 5) is 10.4. The number of pyridine rings is 1. The van der Waals surface area contributed by atoms with E-state index in [4.69, 9.17) is 5.14 Å². The van der Waals surface area contributed by atoms with E-state index in [1.165, 1.54) is 19.0 Å². The van der Waals surface area contributed by atoms with Crippen LogP contribution in [0.3, 0.4) is 0 Å². The monoisotopic (exact) mass is 377 g/mol. The minimum absolute atomic E-state index is 0.184. The van der Waals surface area contributed by atoms with E-state index in [1.54, 1.807) is 0 Å². The van der Waals surface area contributed by atoms with Gasteiger partial charge in [-0.05, 0) is 50.3 Å². The second-order valence-electron chi connectivity index (χ2n) is 7.16. The van der Waals surface area contributed by atoms with Crippen LogP contribution in [0.4, 0.5) is 5.69 Å². The smallest absolute Gasteiger partial charge is 0.256 e. The maximum Gasteiger partial charge on any atom is 0.256 e. The van der Waals surface area contributed by atoms with Crippen LogP contribution in [0.25, 0.3) is 0 Å². The van der Waals surface area contributed by atoms with Gasteiger partial charge in [0.2, 0.25) is 0 Å². The molecule has 9 nitrogen and oxygen atoms in total. The van der Waals surface area contributed by atoms with Crippen LogP contribution in [-0.4, -0.2) is 52.1 Å². The first-order valence-electron chi connectivity index (χ1n) is 8.88. The third kappa shape index (κ3) is 3.24. The van der Waals surface area contributed by atoms with Crippen LogP contribution in [-0.2, 0) is 10.0 Å². The molecule has 0 aromatic carbocycles. The van der Waals surface area contributed by atoms with Crippen molar-refractivity contribution in [2.45, 2.75) is 30.7 Å². The molecule has 1 aromatic heterocycles. The molecule has 2 fully saturated rings. The van der Waals surface area contributed by atoms with E-state index < -0.39 is 10.0 Å². The number of sulfonamides is 1. The van der Waals surface area contributed by atoms with Crippen molar-refractivity contribution in [1.29, 1.82) is 0 Å². The molecule has 2 saturated heterocycles. The quantitative estimate of drug-likeness (QED) is 0.808. The van der Waals surface area contributed by atoms with Crippen LogP contribution in [0.2, 0.25) is 0 Å². The maximum atomic E-state index is 12.1. The number of azo groups is 1. The van der Waals surface area contributed by atoms with Gasteiger partial charge in [-0.25, -0.2) is 23.5 Å². The van der Waals surface area contributed by atoms with Crippen LogP contribution < -0.4 is 15.4 Å². The molecular formula is C16H23N7O2S. The van der Waals surface area contributed by atoms with Gasteiger partial charge in [0.15, 0.2) is 17.5 Å². The second-order valence-corrected chi connectivity index (χ2v) is 8.63. The van der Waals surface area contributed by atoms with Gasteiger partial charge in [0.1, 0.15) is 0 Å². The minimum Gasteiger partial charge on any atom is -0.371 e. The molecule has 0 amide bonds. The lowest BCUT2D eigenvalue weighted by molar-refractivity contribution is 0.155. The van der Waals surface area contributed by atoms with Crippen molar-refractivity contribution in [3.05, 3.63) is 17.8 Å². The standard InChI is InChI=1S/C16H23N7O2S/c17-26(24,25)15-13(14-20-11-21-22-14)12(1-6-19-15)23-9-4-16(5-10-23)2-7-18-8-3-16/h1,6,18H,2-5,7-11H2,(H2,17,24,25). The van der Waals surface area contributed by atoms with Crippen molar-refractivity contribution in [3.8, 4) is 0 Å². The van der Waals surface area contributed by atoms with E-state index in [-0.39, 0.29) is 11.7 Å². The zero-order valence-electron chi connectivity index (χ0n) is 14.6. The molecule has 0 unspecified atom stereocenters. The molecule has 140 valence electrons. The number of nitrogens with one attached hydrogen (secondary N) is 1. The Bertz CT molecular complexity index is 849. The van der Waals surface area contributed by atoms with Gasteiger partial charge >= 0.3 is 0 Å². The first kappa shape index (κ1) is 17.5. The van der Waals surface area contributed by atoms with Gasteiger partial charge in [-0.1, -0.05) is 0 Å². The Hall–Kier alpha value is -1.91. The van der Waals surface area contributed by atoms with E-state index in [9.17, 15) is 8.42 Å². The summed E-state index contributed by atoms with van der Waals surface area (Å²) in [5.74, 6) is 0.291. The summed E-state index contributed by atoms with van der Waals surface area (Å²) in [6, 6.07) is 1.82. The van der Waals surface area contributed by atoms with Crippen molar-refractivity contribution in [3.63, 3.8) is 0 Å². The Labute approximate surface area is 152 Å². The number of primary sulfonamides is 1. The predicted molar refractivity (Wildman–Crippen MR) is 97.9 cm³/mol. The first-order valence-corrected chi connectivity index (χ1v) is 10.4. The topological polar surface area (TPSA) is 125 Å². The van der Waals surface area contributed by atoms with E-state index in [2.05, 4.69) is 30.4 Å². The predicted octanol–water partition coefficient (Wildman–Crippen LogP) is 0.869. The first-order chi connectivity index (χ1) is 12.5. The molecule has 4 rings (SSSR count). The summed E-state index contributed by atoms with van der Waals surface area (Å²) < 4.78 is 24.1. The maximum absolute atomic E-state index is 12.1. The van der Waals surface area contributed by atoms with Gasteiger partial charge in [-0.2, -0.15) is 5.11 Å². The van der Waals surface area contributed by atoms with Crippen molar-refractivity contribution in [1.82, 2.24) is 10.3 Å². The molecule has 10 heteroatoms. The molecule has 3 N–H and O–H groups in total. The van der Waals surface area contributed by atoms with E-state index in [0.29, 0.717) is 16.8 Å². The molecule has 0 saturated carbocycles. The largest absolute Gasteiger partial charge is 0.371 e. The lowest BCUT2D eigenvalue weighted by Gasteiger charge is -2.45. The number of nitrogens with two attached hydrogens (primary N) is 1. The third-order valence-corrected chi connectivity index (χ3v) is 6.51. The Kier molecular flexibility index (Phi) is 4.49. The normalized spacial score (nSPS) is 22.7. The number of hydrogen-bond donors (Lipinski definition) is 2. The average molecular weight is 377 g/mol. The van der Waals surface area contributed by atoms with Crippen LogP contribution >= 0.6 is 0 Å². The number of aliphatic imine (C=N–C) groups is 1. The fourth-order valence-electron chi connectivity index (χ4n) is 4.16. The number of hydrogen-bond acceptors (Lipinski definition) is 8. The third-order valence-electron chi connectivity index (χ3n) is 5.67. The Morgan fingerprint density at radius 2 is 1.88 bits per heavy atom. The molecule has 3 aliphatic rings. The summed E-state index contributed by atoms with van der Waals surface area (Å²) in [6.45, 7) is 4.08. The number of aromatic nitrogens is 1. The summed E-state index contributed by atoms with van der Waals surface area (Å²) in [6.07, 6.45) is 6.07. The lowest BCUT2D eigenvalue weighted by atomic mass is 9.71. The fraction of sp³-hybridized carbons (Fsp3) is 0.625. The average Bonchev–Trinajstić information content (AvgIpc) is 3.16. The molecule has 3 aliphatic heterocycles. The summed E-state index contributed by atoms with van der Waals surface area (Å²) >= 11 is 0. The molecular weight excluding hydrogens is 354 g/mol. The Morgan fingerprint density at radius 1 is 1.15 bits per heavy atom. The van der Waals surface area contributed by atoms with Crippen LogP contribution in [0.5, 0.6) is 0 Å². The van der Waals surface area contributed by atoms with Crippen molar-refractivity contribution < 1.29 is 8.42 Å². The Balaban J connectivity index is 1.68. The Morgan fingerprint density at radius 3 is 2.50 bits per heavy atom. The molecule has 1 aromatic rings. The highest BCUT2D eigenvalue weighted by Gasteiger charge is 2.37. The SMILES string of the molecule is NS(=O)(=O)c1nccc(N2CCC3(CCNCC3)CC2)c1C1=NCN=N1. The van der Waals surface area contributed by atoms with Gasteiger partial charge in [0.05, 0.1) is 11.3 Å². The van der Waals surface area contributed by atoms with E-state index in [0.717, 1.165) is 44.7 Å². The van der Waals surface area contributed by atoms with Gasteiger partial charge in [-0.15, -0.1) is 5.11 Å². The summed E-state index contributed by atoms with van der Waals surface area (Å²) in [5, 5.41) is 16.5. The van der Waals surface area contributed by atoms with Crippen LogP contribution in [0.1, 0.15) is 31.2 Å². The lowest BCUT2D eigenvalue weighted by Crippen LogP contribution is -2.46. The highest BCUT2D eigenvalue weighted by molar-refractivity contribution is 7.89. The zero-order valence-corrected chi connectivity index (χ0v) is 15.4. The molecule has 26 heavy (non-hydrogen) atoms. The van der Waals surface area contributed by atoms with E-state index in [1.807, 2.05) is 6.07 Å². The molecule has 0 bridgehead atoms. The molecule has 1 spiro atoms. The van der Waals surface area contributed by atoms with Gasteiger partial charge in [0.25, 0.3) is 10.0 Å². The highest BCUT2D eigenvalue weighted by atomic mass is 32.2. The number of nitrogens with zero attached hydrogens (tertiary/aromatic N) is 5. The van der Waals surface area contributed by atoms with Crippen LogP contribution in [0.15, 0.2) is 32.5 Å². The number of rotatable bonds is 3. The van der Waals surface area contributed by atoms with Gasteiger partial charge in [-0.3, -0.25) is 0 Å². The molecule has 4 heterocycles. The second kappa shape index (κ2) is 6.67.